The topological polar surface area (TPSA) is 86.7 Å². The lowest BCUT2D eigenvalue weighted by Crippen LogP contribution is -2.49. The highest BCUT2D eigenvalue weighted by Crippen LogP contribution is 2.24. The molecule has 2 rings (SSSR count). The first-order valence-electron chi connectivity index (χ1n) is 8.46. The van der Waals surface area contributed by atoms with Crippen molar-refractivity contribution in [3.05, 3.63) is 34.9 Å². The van der Waals surface area contributed by atoms with Gasteiger partial charge in [-0.25, -0.2) is 0 Å². The monoisotopic (exact) mass is 366 g/mol. The van der Waals surface area contributed by atoms with Crippen LogP contribution in [0.25, 0.3) is 0 Å². The molecule has 25 heavy (non-hydrogen) atoms. The summed E-state index contributed by atoms with van der Waals surface area (Å²) in [5.41, 5.74) is 0.518. The molecule has 0 saturated carbocycles. The molecule has 1 aliphatic rings. The van der Waals surface area contributed by atoms with Crippen LogP contribution in [-0.4, -0.2) is 46.9 Å². The number of halogens is 1. The second-order valence-electron chi connectivity index (χ2n) is 6.28. The molecule has 7 heteroatoms. The predicted octanol–water partition coefficient (Wildman–Crippen LogP) is 2.56. The minimum absolute atomic E-state index is 0.0563. The lowest BCUT2D eigenvalue weighted by atomic mass is 9.90. The zero-order valence-corrected chi connectivity index (χ0v) is 15.0. The molecule has 6 nitrogen and oxygen atoms in total. The van der Waals surface area contributed by atoms with E-state index >= 15 is 0 Å². The second-order valence-corrected chi connectivity index (χ2v) is 6.72. The van der Waals surface area contributed by atoms with Crippen LogP contribution in [0.4, 0.5) is 0 Å². The van der Waals surface area contributed by atoms with Crippen molar-refractivity contribution in [3.63, 3.8) is 0 Å². The van der Waals surface area contributed by atoms with Gasteiger partial charge >= 0.3 is 5.97 Å². The summed E-state index contributed by atoms with van der Waals surface area (Å²) in [6.45, 7) is 2.77. The maximum absolute atomic E-state index is 12.3. The maximum atomic E-state index is 12.3. The molecule has 0 aliphatic carbocycles. The first-order chi connectivity index (χ1) is 11.9. The highest BCUT2D eigenvalue weighted by atomic mass is 35.5. The summed E-state index contributed by atoms with van der Waals surface area (Å²) >= 11 is 5.78. The summed E-state index contributed by atoms with van der Waals surface area (Å²) in [6, 6.07) is 6.30. The second kappa shape index (κ2) is 8.85. The summed E-state index contributed by atoms with van der Waals surface area (Å²) in [6.07, 6.45) is 2.12. The Kier molecular flexibility index (Phi) is 6.82. The molecular weight excluding hydrogens is 344 g/mol. The largest absolute Gasteiger partial charge is 0.481 e. The first-order valence-corrected chi connectivity index (χ1v) is 8.84. The third-order valence-electron chi connectivity index (χ3n) is 4.59. The molecule has 136 valence electrons. The van der Waals surface area contributed by atoms with E-state index in [1.54, 1.807) is 36.1 Å². The van der Waals surface area contributed by atoms with Gasteiger partial charge in [-0.3, -0.25) is 14.4 Å². The molecule has 1 aliphatic heterocycles. The zero-order valence-electron chi connectivity index (χ0n) is 14.2. The number of amides is 2. The number of carboxylic acid groups (broad SMARTS) is 1. The van der Waals surface area contributed by atoms with Crippen LogP contribution in [0.5, 0.6) is 0 Å². The van der Waals surface area contributed by atoms with Gasteiger partial charge in [0, 0.05) is 36.1 Å². The van der Waals surface area contributed by atoms with E-state index in [9.17, 15) is 19.5 Å². The fourth-order valence-electron chi connectivity index (χ4n) is 3.11. The Balaban J connectivity index is 1.75. The zero-order chi connectivity index (χ0) is 18.4. The standard InChI is InChI=1S/C18H23ClN2O4/c1-12-15(18(24)25)4-3-11-21(12)16(22)5-2-10-20-17(23)13-6-8-14(19)9-7-13/h6-9,12,15H,2-5,10-11H2,1H3,(H,20,23)(H,24,25)/t12-,15-/m1/s1. The Labute approximate surface area is 152 Å². The molecule has 0 spiro atoms. The maximum Gasteiger partial charge on any atom is 0.308 e. The number of carbonyl (C=O) groups is 3. The van der Waals surface area contributed by atoms with Crippen LogP contribution in [0.2, 0.25) is 5.02 Å². The number of aliphatic carboxylic acids is 1. The van der Waals surface area contributed by atoms with Crippen LogP contribution in [0.1, 0.15) is 43.0 Å². The SMILES string of the molecule is C[C@@H]1[C@H](C(=O)O)CCCN1C(=O)CCCNC(=O)c1ccc(Cl)cc1. The van der Waals surface area contributed by atoms with E-state index < -0.39 is 11.9 Å². The van der Waals surface area contributed by atoms with E-state index in [0.717, 1.165) is 0 Å². The number of rotatable bonds is 6. The normalized spacial score (nSPS) is 20.2. The minimum Gasteiger partial charge on any atom is -0.481 e. The molecule has 0 bridgehead atoms. The Hall–Kier alpha value is -2.08. The van der Waals surface area contributed by atoms with Crippen LogP contribution in [0.3, 0.4) is 0 Å². The Bertz CT molecular complexity index is 632. The number of nitrogens with one attached hydrogen (secondary N) is 1. The van der Waals surface area contributed by atoms with Crippen molar-refractivity contribution in [2.45, 2.75) is 38.6 Å². The molecule has 2 atom stereocenters. The molecule has 2 amide bonds. The van der Waals surface area contributed by atoms with Gasteiger partial charge in [-0.05, 0) is 50.5 Å². The molecule has 1 aromatic carbocycles. The van der Waals surface area contributed by atoms with Gasteiger partial charge in [-0.15, -0.1) is 0 Å². The van der Waals surface area contributed by atoms with E-state index in [4.69, 9.17) is 11.6 Å². The first kappa shape index (κ1) is 19.2. The van der Waals surface area contributed by atoms with Crippen molar-refractivity contribution >= 4 is 29.4 Å². The number of hydrogen-bond donors (Lipinski definition) is 2. The van der Waals surface area contributed by atoms with Gasteiger partial charge < -0.3 is 15.3 Å². The van der Waals surface area contributed by atoms with Gasteiger partial charge in [-0.2, -0.15) is 0 Å². The molecular formula is C18H23ClN2O4. The summed E-state index contributed by atoms with van der Waals surface area (Å²) in [4.78, 5) is 37.2. The number of likely N-dealkylation sites (tertiary alicyclic amines) is 1. The molecule has 1 saturated heterocycles. The number of hydrogen-bond acceptors (Lipinski definition) is 3. The summed E-state index contributed by atoms with van der Waals surface area (Å²) in [5.74, 6) is -1.61. The third-order valence-corrected chi connectivity index (χ3v) is 4.84. The van der Waals surface area contributed by atoms with Crippen LogP contribution >= 0.6 is 11.6 Å². The predicted molar refractivity (Wildman–Crippen MR) is 94.6 cm³/mol. The fraction of sp³-hybridized carbons (Fsp3) is 0.500. The van der Waals surface area contributed by atoms with Gasteiger partial charge in [0.25, 0.3) is 5.91 Å². The van der Waals surface area contributed by atoms with Crippen molar-refractivity contribution in [1.82, 2.24) is 10.2 Å². The summed E-state index contributed by atoms with van der Waals surface area (Å²) in [5, 5.41) is 12.6. The third kappa shape index (κ3) is 5.19. The Morgan fingerprint density at radius 3 is 2.60 bits per heavy atom. The van der Waals surface area contributed by atoms with Gasteiger partial charge in [0.05, 0.1) is 5.92 Å². The van der Waals surface area contributed by atoms with Crippen LogP contribution in [-0.2, 0) is 9.59 Å². The molecule has 1 fully saturated rings. The number of nitrogens with zero attached hydrogens (tertiary/aromatic N) is 1. The minimum atomic E-state index is -0.847. The van der Waals surface area contributed by atoms with Gasteiger partial charge in [0.1, 0.15) is 0 Å². The van der Waals surface area contributed by atoms with Crippen molar-refractivity contribution < 1.29 is 19.5 Å². The number of carbonyl (C=O) groups excluding carboxylic acids is 2. The summed E-state index contributed by atoms with van der Waals surface area (Å²) in [7, 11) is 0. The van der Waals surface area contributed by atoms with E-state index in [1.807, 2.05) is 0 Å². The van der Waals surface area contributed by atoms with Crippen molar-refractivity contribution in [1.29, 1.82) is 0 Å². The lowest BCUT2D eigenvalue weighted by Gasteiger charge is -2.37. The van der Waals surface area contributed by atoms with Gasteiger partial charge in [0.2, 0.25) is 5.91 Å². The average Bonchev–Trinajstić information content (AvgIpc) is 2.58. The lowest BCUT2D eigenvalue weighted by molar-refractivity contribution is -0.149. The van der Waals surface area contributed by atoms with Crippen LogP contribution in [0, 0.1) is 5.92 Å². The van der Waals surface area contributed by atoms with E-state index in [0.29, 0.717) is 42.9 Å². The van der Waals surface area contributed by atoms with Gasteiger partial charge in [0.15, 0.2) is 0 Å². The van der Waals surface area contributed by atoms with Crippen molar-refractivity contribution in [2.75, 3.05) is 13.1 Å². The molecule has 0 unspecified atom stereocenters. The molecule has 1 heterocycles. The number of benzene rings is 1. The fourth-order valence-corrected chi connectivity index (χ4v) is 3.24. The highest BCUT2D eigenvalue weighted by Gasteiger charge is 2.34. The van der Waals surface area contributed by atoms with E-state index in [-0.39, 0.29) is 24.3 Å². The quantitative estimate of drug-likeness (QED) is 0.757. The smallest absolute Gasteiger partial charge is 0.308 e. The number of carboxylic acids is 1. The van der Waals surface area contributed by atoms with Crippen molar-refractivity contribution in [3.8, 4) is 0 Å². The molecule has 2 N–H and O–H groups in total. The summed E-state index contributed by atoms with van der Waals surface area (Å²) < 4.78 is 0. The Morgan fingerprint density at radius 1 is 1.28 bits per heavy atom. The van der Waals surface area contributed by atoms with Crippen molar-refractivity contribution in [2.24, 2.45) is 5.92 Å². The molecule has 0 radical (unpaired) electrons. The molecule has 1 aromatic rings. The van der Waals surface area contributed by atoms with Gasteiger partial charge in [-0.1, -0.05) is 11.6 Å². The number of piperidine rings is 1. The average molecular weight is 367 g/mol. The molecule has 0 aromatic heterocycles. The highest BCUT2D eigenvalue weighted by molar-refractivity contribution is 6.30. The van der Waals surface area contributed by atoms with Crippen LogP contribution in [0.15, 0.2) is 24.3 Å². The Morgan fingerprint density at radius 2 is 1.96 bits per heavy atom. The van der Waals surface area contributed by atoms with E-state index in [2.05, 4.69) is 5.32 Å². The van der Waals surface area contributed by atoms with E-state index in [1.165, 1.54) is 0 Å². The van der Waals surface area contributed by atoms with Crippen LogP contribution < -0.4 is 5.32 Å².